The molecule has 0 unspecified atom stereocenters. The maximum absolute atomic E-state index is 14.8. The number of pyridine rings is 1. The zero-order valence-electron chi connectivity index (χ0n) is 23.3. The summed E-state index contributed by atoms with van der Waals surface area (Å²) in [5.41, 5.74) is 3.10. The molecule has 5 rings (SSSR count). The molecule has 1 saturated heterocycles. The summed E-state index contributed by atoms with van der Waals surface area (Å²) >= 11 is 0. The Bertz CT molecular complexity index is 1640. The van der Waals surface area contributed by atoms with Crippen LogP contribution in [0.3, 0.4) is 0 Å². The summed E-state index contributed by atoms with van der Waals surface area (Å²) < 4.78 is 73.7. The van der Waals surface area contributed by atoms with E-state index in [4.69, 9.17) is 4.74 Å². The number of fused-ring (bicyclic) bond motifs is 1. The number of nitrogens with zero attached hydrogens (tertiary/aromatic N) is 3. The quantitative estimate of drug-likeness (QED) is 0.259. The molecule has 4 aromatic rings. The highest BCUT2D eigenvalue weighted by Crippen LogP contribution is 2.36. The van der Waals surface area contributed by atoms with Crippen LogP contribution in [0.15, 0.2) is 61.1 Å². The minimum absolute atomic E-state index is 0.222. The number of carbonyl (C=O) groups is 2. The monoisotopic (exact) mass is 600 g/mol. The van der Waals surface area contributed by atoms with Crippen molar-refractivity contribution in [2.24, 2.45) is 0 Å². The number of hydrogen-bond donors (Lipinski definition) is 1. The molecule has 226 valence electrons. The average molecular weight is 601 g/mol. The molecule has 12 heteroatoms. The zero-order chi connectivity index (χ0) is 30.7. The lowest BCUT2D eigenvalue weighted by molar-refractivity contribution is -0.173. The Hall–Kier alpha value is -4.32. The van der Waals surface area contributed by atoms with Gasteiger partial charge < -0.3 is 19.5 Å². The van der Waals surface area contributed by atoms with Gasteiger partial charge in [-0.1, -0.05) is 24.3 Å². The number of amides is 2. The van der Waals surface area contributed by atoms with Crippen molar-refractivity contribution in [1.29, 1.82) is 0 Å². The van der Waals surface area contributed by atoms with E-state index < -0.39 is 23.7 Å². The number of carbonyl (C=O) groups excluding carboxylic acids is 2. The van der Waals surface area contributed by atoms with E-state index in [9.17, 15) is 31.5 Å². The lowest BCUT2D eigenvalue weighted by Gasteiger charge is -2.32. The highest BCUT2D eigenvalue weighted by atomic mass is 19.4. The van der Waals surface area contributed by atoms with Gasteiger partial charge >= 0.3 is 12.1 Å². The van der Waals surface area contributed by atoms with Gasteiger partial charge in [-0.25, -0.2) is 8.78 Å². The van der Waals surface area contributed by atoms with E-state index in [1.807, 2.05) is 22.8 Å². The summed E-state index contributed by atoms with van der Waals surface area (Å²) in [6.45, 7) is 1.17. The minimum atomic E-state index is -5.01. The zero-order valence-corrected chi connectivity index (χ0v) is 23.3. The molecular formula is C31H29F5N4O3. The van der Waals surface area contributed by atoms with Crippen molar-refractivity contribution in [3.05, 3.63) is 89.4 Å². The maximum atomic E-state index is 14.8. The van der Waals surface area contributed by atoms with Crippen LogP contribution in [0.1, 0.15) is 40.2 Å². The highest BCUT2D eigenvalue weighted by molar-refractivity contribution is 6.12. The summed E-state index contributed by atoms with van der Waals surface area (Å²) in [7, 11) is 1.59. The Labute approximate surface area is 244 Å². The number of alkyl halides is 3. The second-order valence-corrected chi connectivity index (χ2v) is 10.4. The van der Waals surface area contributed by atoms with Gasteiger partial charge in [0.05, 0.1) is 18.4 Å². The Balaban J connectivity index is 1.37. The van der Waals surface area contributed by atoms with Gasteiger partial charge in [0, 0.05) is 62.1 Å². The van der Waals surface area contributed by atoms with Crippen LogP contribution in [0.2, 0.25) is 0 Å². The van der Waals surface area contributed by atoms with E-state index in [0.717, 1.165) is 11.7 Å². The first kappa shape index (κ1) is 30.1. The van der Waals surface area contributed by atoms with Crippen molar-refractivity contribution in [3.8, 4) is 11.1 Å². The normalized spacial score (nSPS) is 14.3. The average Bonchev–Trinajstić information content (AvgIpc) is 3.37. The molecule has 0 aliphatic carbocycles. The number of piperidine rings is 1. The number of aromatic nitrogens is 2. The van der Waals surface area contributed by atoms with E-state index in [1.165, 1.54) is 24.3 Å². The molecule has 0 bridgehead atoms. The van der Waals surface area contributed by atoms with E-state index in [0.29, 0.717) is 72.3 Å². The SMILES string of the molecule is COCCn1cc(C(=O)N2CCC(c3cc(CNC(=O)C(F)(F)F)ccc3F)CC2)c2c(-c3cncc(F)c3)cccc21. The molecule has 1 aliphatic rings. The Morgan fingerprint density at radius 2 is 1.84 bits per heavy atom. The summed E-state index contributed by atoms with van der Waals surface area (Å²) in [5.74, 6) is -3.54. The first-order chi connectivity index (χ1) is 20.6. The minimum Gasteiger partial charge on any atom is -0.383 e. The van der Waals surface area contributed by atoms with E-state index in [1.54, 1.807) is 29.7 Å². The molecule has 0 saturated carbocycles. The summed E-state index contributed by atoms with van der Waals surface area (Å²) in [5, 5.41) is 2.47. The molecule has 0 spiro atoms. The van der Waals surface area contributed by atoms with E-state index >= 15 is 0 Å². The summed E-state index contributed by atoms with van der Waals surface area (Å²) in [6.07, 6.45) is 0.288. The van der Waals surface area contributed by atoms with Crippen molar-refractivity contribution >= 4 is 22.7 Å². The molecule has 2 aromatic heterocycles. The predicted molar refractivity (Wildman–Crippen MR) is 149 cm³/mol. The van der Waals surface area contributed by atoms with Crippen LogP contribution in [0.4, 0.5) is 22.0 Å². The standard InChI is InChI=1S/C31H29F5N4O3/c1-43-12-11-40-18-25(28-23(3-2-4-27(28)40)21-14-22(32)17-37-16-21)29(41)39-9-7-20(8-10-39)24-13-19(5-6-26(24)33)15-38-30(42)31(34,35)36/h2-6,13-14,16-18,20H,7-12,15H2,1H3,(H,38,42). The lowest BCUT2D eigenvalue weighted by atomic mass is 9.88. The van der Waals surface area contributed by atoms with Gasteiger partial charge in [0.2, 0.25) is 0 Å². The molecule has 43 heavy (non-hydrogen) atoms. The number of benzene rings is 2. The number of methoxy groups -OCH3 is 1. The molecule has 2 amide bonds. The van der Waals surface area contributed by atoms with Crippen molar-refractivity contribution in [3.63, 3.8) is 0 Å². The fourth-order valence-electron chi connectivity index (χ4n) is 5.55. The number of likely N-dealkylation sites (tertiary alicyclic amines) is 1. The maximum Gasteiger partial charge on any atom is 0.471 e. The first-order valence-corrected chi connectivity index (χ1v) is 13.7. The molecule has 1 aliphatic heterocycles. The molecular weight excluding hydrogens is 571 g/mol. The number of halogens is 5. The Kier molecular flexibility index (Phi) is 8.77. The van der Waals surface area contributed by atoms with Crippen LogP contribution in [0.25, 0.3) is 22.0 Å². The van der Waals surface area contributed by atoms with Crippen LogP contribution in [0.5, 0.6) is 0 Å². The molecule has 1 fully saturated rings. The van der Waals surface area contributed by atoms with Gasteiger partial charge in [-0.2, -0.15) is 13.2 Å². The number of nitrogens with one attached hydrogen (secondary N) is 1. The lowest BCUT2D eigenvalue weighted by Crippen LogP contribution is -2.38. The van der Waals surface area contributed by atoms with Crippen LogP contribution in [-0.2, 0) is 22.6 Å². The third-order valence-electron chi connectivity index (χ3n) is 7.68. The van der Waals surface area contributed by atoms with Gasteiger partial charge in [0.1, 0.15) is 11.6 Å². The molecule has 0 radical (unpaired) electrons. The predicted octanol–water partition coefficient (Wildman–Crippen LogP) is 5.83. The van der Waals surface area contributed by atoms with Gasteiger partial charge in [-0.05, 0) is 53.6 Å². The third kappa shape index (κ3) is 6.53. The fraction of sp³-hybridized carbons (Fsp3) is 0.323. The summed E-state index contributed by atoms with van der Waals surface area (Å²) in [4.78, 5) is 30.8. The van der Waals surface area contributed by atoms with Crippen molar-refractivity contribution in [2.75, 3.05) is 26.8 Å². The van der Waals surface area contributed by atoms with Crippen molar-refractivity contribution < 1.29 is 36.3 Å². The summed E-state index contributed by atoms with van der Waals surface area (Å²) in [6, 6.07) is 10.9. The van der Waals surface area contributed by atoms with E-state index in [-0.39, 0.29) is 18.4 Å². The fourth-order valence-corrected chi connectivity index (χ4v) is 5.55. The van der Waals surface area contributed by atoms with Crippen molar-refractivity contribution in [2.45, 2.75) is 38.0 Å². The number of hydrogen-bond acceptors (Lipinski definition) is 4. The van der Waals surface area contributed by atoms with E-state index in [2.05, 4.69) is 4.98 Å². The third-order valence-corrected chi connectivity index (χ3v) is 7.68. The van der Waals surface area contributed by atoms with Crippen molar-refractivity contribution in [1.82, 2.24) is 19.8 Å². The van der Waals surface area contributed by atoms with Gasteiger partial charge in [0.25, 0.3) is 5.91 Å². The smallest absolute Gasteiger partial charge is 0.383 e. The molecule has 0 atom stereocenters. The number of rotatable bonds is 8. The second kappa shape index (κ2) is 12.5. The van der Waals surface area contributed by atoms with Crippen LogP contribution in [0, 0.1) is 11.6 Å². The van der Waals surface area contributed by atoms with Gasteiger partial charge in [-0.3, -0.25) is 14.6 Å². The topological polar surface area (TPSA) is 76.5 Å². The number of ether oxygens (including phenoxy) is 1. The first-order valence-electron chi connectivity index (χ1n) is 13.7. The Morgan fingerprint density at radius 1 is 1.07 bits per heavy atom. The van der Waals surface area contributed by atoms with Gasteiger partial charge in [0.15, 0.2) is 0 Å². The molecule has 3 heterocycles. The second-order valence-electron chi connectivity index (χ2n) is 10.4. The van der Waals surface area contributed by atoms with Gasteiger partial charge in [-0.15, -0.1) is 0 Å². The van der Waals surface area contributed by atoms with Crippen LogP contribution < -0.4 is 5.32 Å². The molecule has 7 nitrogen and oxygen atoms in total. The molecule has 2 aromatic carbocycles. The van der Waals surface area contributed by atoms with Crippen LogP contribution >= 0.6 is 0 Å². The largest absolute Gasteiger partial charge is 0.471 e. The Morgan fingerprint density at radius 3 is 2.53 bits per heavy atom. The highest BCUT2D eigenvalue weighted by Gasteiger charge is 2.38. The van der Waals surface area contributed by atoms with Crippen LogP contribution in [-0.4, -0.2) is 59.2 Å². The molecule has 1 N–H and O–H groups in total.